The minimum Gasteiger partial charge on any atom is -0.334 e. The van der Waals surface area contributed by atoms with Gasteiger partial charge >= 0.3 is 0 Å². The Morgan fingerprint density at radius 2 is 1.20 bits per heavy atom. The number of rotatable bonds is 7. The van der Waals surface area contributed by atoms with Crippen molar-refractivity contribution in [2.75, 3.05) is 9.80 Å². The number of benzene rings is 5. The molecule has 46 heavy (non-hydrogen) atoms. The third-order valence-corrected chi connectivity index (χ3v) is 9.50. The van der Waals surface area contributed by atoms with Crippen molar-refractivity contribution in [3.8, 4) is 11.1 Å². The molecule has 2 nitrogen and oxygen atoms in total. The van der Waals surface area contributed by atoms with Gasteiger partial charge in [0.1, 0.15) is 0 Å². The molecule has 0 spiro atoms. The van der Waals surface area contributed by atoms with Gasteiger partial charge in [0.2, 0.25) is 0 Å². The van der Waals surface area contributed by atoms with Crippen LogP contribution in [0, 0.1) is 0 Å². The maximum absolute atomic E-state index is 2.59. The Morgan fingerprint density at radius 3 is 1.98 bits per heavy atom. The standard InChI is InChI=1S/C44H38N2/c1-3-17-37(18-4-1)45(43-23-11-15-35-13-7-9-21-41(35)43)39-29-25-33(26-30-39)34-27-31-40(32-28-34)46(38-19-5-2-6-20-38)44-24-12-16-36-14-8-10-22-42(36)44/h1,3-5,7-9,11-21,23,25-32,44H,2,6,10,22,24H2. The van der Waals surface area contributed by atoms with Crippen molar-refractivity contribution >= 4 is 33.5 Å². The van der Waals surface area contributed by atoms with Crippen LogP contribution < -0.4 is 9.80 Å². The SMILES string of the molecule is C1=CC(N(c2ccc(-c3ccc(N(c4ccccc4)c4cccc5ccccc45)cc3)cc2)C2CC=CC3=C2CCC=C3)=CCC1. The normalized spacial score (nSPS) is 17.1. The summed E-state index contributed by atoms with van der Waals surface area (Å²) in [5.74, 6) is 0. The Hall–Kier alpha value is -5.34. The van der Waals surface area contributed by atoms with Crippen LogP contribution in [0.15, 0.2) is 181 Å². The van der Waals surface area contributed by atoms with E-state index in [-0.39, 0.29) is 0 Å². The highest BCUT2D eigenvalue weighted by Gasteiger charge is 2.28. The van der Waals surface area contributed by atoms with Crippen LogP contribution in [-0.2, 0) is 0 Å². The lowest BCUT2D eigenvalue weighted by Gasteiger charge is -2.39. The lowest BCUT2D eigenvalue weighted by atomic mass is 9.84. The third-order valence-electron chi connectivity index (χ3n) is 9.50. The largest absolute Gasteiger partial charge is 0.334 e. The summed E-state index contributed by atoms with van der Waals surface area (Å²) in [5.41, 5.74) is 11.4. The van der Waals surface area contributed by atoms with Crippen molar-refractivity contribution in [1.29, 1.82) is 0 Å². The summed E-state index contributed by atoms with van der Waals surface area (Å²) >= 11 is 0. The van der Waals surface area contributed by atoms with Crippen molar-refractivity contribution in [2.45, 2.75) is 38.1 Å². The molecule has 224 valence electrons. The molecule has 0 heterocycles. The average Bonchev–Trinajstić information content (AvgIpc) is 3.14. The maximum atomic E-state index is 2.59. The van der Waals surface area contributed by atoms with Gasteiger partial charge in [0.25, 0.3) is 0 Å². The van der Waals surface area contributed by atoms with Gasteiger partial charge in [-0.1, -0.05) is 115 Å². The molecule has 1 atom stereocenters. The second-order valence-corrected chi connectivity index (χ2v) is 12.3. The summed E-state index contributed by atoms with van der Waals surface area (Å²) in [6.07, 6.45) is 21.9. The first kappa shape index (κ1) is 28.2. The molecular weight excluding hydrogens is 556 g/mol. The Labute approximate surface area is 272 Å². The molecule has 5 aromatic rings. The molecule has 5 aromatic carbocycles. The summed E-state index contributed by atoms with van der Waals surface area (Å²) in [6, 6.07) is 44.4. The third kappa shape index (κ3) is 5.41. The van der Waals surface area contributed by atoms with Gasteiger partial charge in [-0.2, -0.15) is 0 Å². The number of hydrogen-bond donors (Lipinski definition) is 0. The number of hydrogen-bond acceptors (Lipinski definition) is 2. The van der Waals surface area contributed by atoms with Crippen LogP contribution in [0.25, 0.3) is 21.9 Å². The smallest absolute Gasteiger partial charge is 0.0594 e. The molecule has 1 unspecified atom stereocenters. The fourth-order valence-corrected chi connectivity index (χ4v) is 7.26. The quantitative estimate of drug-likeness (QED) is 0.185. The van der Waals surface area contributed by atoms with E-state index in [1.54, 1.807) is 5.57 Å². The average molecular weight is 595 g/mol. The predicted molar refractivity (Wildman–Crippen MR) is 196 cm³/mol. The number of allylic oxidation sites excluding steroid dienone is 7. The molecule has 3 aliphatic carbocycles. The van der Waals surface area contributed by atoms with Crippen molar-refractivity contribution < 1.29 is 0 Å². The molecule has 0 amide bonds. The zero-order valence-electron chi connectivity index (χ0n) is 26.1. The van der Waals surface area contributed by atoms with Crippen molar-refractivity contribution in [3.63, 3.8) is 0 Å². The fraction of sp³-hybridized carbons (Fsp3) is 0.136. The Kier molecular flexibility index (Phi) is 7.70. The number of fused-ring (bicyclic) bond motifs is 1. The van der Waals surface area contributed by atoms with Crippen molar-refractivity contribution in [1.82, 2.24) is 0 Å². The molecule has 0 saturated carbocycles. The van der Waals surface area contributed by atoms with E-state index in [0.29, 0.717) is 6.04 Å². The van der Waals surface area contributed by atoms with Crippen molar-refractivity contribution in [3.05, 3.63) is 181 Å². The Bertz CT molecular complexity index is 2000. The zero-order valence-corrected chi connectivity index (χ0v) is 26.1. The summed E-state index contributed by atoms with van der Waals surface area (Å²) in [5, 5.41) is 2.48. The molecule has 0 N–H and O–H groups in total. The van der Waals surface area contributed by atoms with Crippen LogP contribution in [0.4, 0.5) is 22.7 Å². The topological polar surface area (TPSA) is 6.48 Å². The molecule has 0 saturated heterocycles. The molecule has 0 fully saturated rings. The first-order chi connectivity index (χ1) is 22.8. The van der Waals surface area contributed by atoms with Crippen molar-refractivity contribution in [2.24, 2.45) is 0 Å². The van der Waals surface area contributed by atoms with E-state index in [2.05, 4.69) is 174 Å². The monoisotopic (exact) mass is 594 g/mol. The number of para-hydroxylation sites is 1. The van der Waals surface area contributed by atoms with Crippen LogP contribution in [0.3, 0.4) is 0 Å². The van der Waals surface area contributed by atoms with Gasteiger partial charge in [-0.05, 0) is 108 Å². The minimum absolute atomic E-state index is 0.349. The van der Waals surface area contributed by atoms with Gasteiger partial charge in [-0.3, -0.25) is 0 Å². The Balaban J connectivity index is 1.12. The summed E-state index contributed by atoms with van der Waals surface area (Å²) < 4.78 is 0. The second-order valence-electron chi connectivity index (χ2n) is 12.3. The van der Waals surface area contributed by atoms with Gasteiger partial charge in [0.05, 0.1) is 11.7 Å². The Morgan fingerprint density at radius 1 is 0.522 bits per heavy atom. The highest BCUT2D eigenvalue weighted by molar-refractivity contribution is 5.99. The number of anilines is 4. The van der Waals surface area contributed by atoms with E-state index >= 15 is 0 Å². The molecule has 0 radical (unpaired) electrons. The second kappa shape index (κ2) is 12.6. The zero-order chi connectivity index (χ0) is 30.7. The van der Waals surface area contributed by atoms with E-state index in [0.717, 1.165) is 43.5 Å². The predicted octanol–water partition coefficient (Wildman–Crippen LogP) is 12.0. The summed E-state index contributed by atoms with van der Waals surface area (Å²) in [4.78, 5) is 4.95. The van der Waals surface area contributed by atoms with Gasteiger partial charge < -0.3 is 9.80 Å². The van der Waals surface area contributed by atoms with E-state index in [4.69, 9.17) is 0 Å². The van der Waals surface area contributed by atoms with E-state index in [1.165, 1.54) is 44.5 Å². The highest BCUT2D eigenvalue weighted by Crippen LogP contribution is 2.40. The number of nitrogens with zero attached hydrogens (tertiary/aromatic N) is 2. The van der Waals surface area contributed by atoms with Gasteiger partial charge in [-0.15, -0.1) is 0 Å². The molecule has 0 aromatic heterocycles. The summed E-state index contributed by atoms with van der Waals surface area (Å²) in [6.45, 7) is 0. The van der Waals surface area contributed by atoms with Crippen LogP contribution in [0.1, 0.15) is 32.1 Å². The molecule has 3 aliphatic rings. The first-order valence-electron chi connectivity index (χ1n) is 16.6. The fourth-order valence-electron chi connectivity index (χ4n) is 7.26. The molecule has 0 bridgehead atoms. The van der Waals surface area contributed by atoms with E-state index in [1.807, 2.05) is 0 Å². The van der Waals surface area contributed by atoms with Crippen LogP contribution >= 0.6 is 0 Å². The van der Waals surface area contributed by atoms with E-state index in [9.17, 15) is 0 Å². The molecular formula is C44H38N2. The van der Waals surface area contributed by atoms with E-state index < -0.39 is 0 Å². The molecule has 2 heteroatoms. The maximum Gasteiger partial charge on any atom is 0.0594 e. The van der Waals surface area contributed by atoms with Gasteiger partial charge in [0, 0.05) is 28.1 Å². The van der Waals surface area contributed by atoms with Crippen LogP contribution in [0.2, 0.25) is 0 Å². The highest BCUT2D eigenvalue weighted by atomic mass is 15.2. The molecule has 8 rings (SSSR count). The lowest BCUT2D eigenvalue weighted by Crippen LogP contribution is -2.37. The lowest BCUT2D eigenvalue weighted by molar-refractivity contribution is 0.673. The molecule has 0 aliphatic heterocycles. The minimum atomic E-state index is 0.349. The summed E-state index contributed by atoms with van der Waals surface area (Å²) in [7, 11) is 0. The van der Waals surface area contributed by atoms with Gasteiger partial charge in [-0.25, -0.2) is 0 Å². The van der Waals surface area contributed by atoms with Crippen LogP contribution in [-0.4, -0.2) is 6.04 Å². The first-order valence-corrected chi connectivity index (χ1v) is 16.6. The van der Waals surface area contributed by atoms with Crippen LogP contribution in [0.5, 0.6) is 0 Å². The van der Waals surface area contributed by atoms with Gasteiger partial charge in [0.15, 0.2) is 0 Å².